The molecule has 7 heteroatoms. The maximum Gasteiger partial charge on any atom is 0.263 e. The Morgan fingerprint density at radius 2 is 2.10 bits per heavy atom. The lowest BCUT2D eigenvalue weighted by Gasteiger charge is -2.16. The number of hydrogen-bond donors (Lipinski definition) is 0. The van der Waals surface area contributed by atoms with Gasteiger partial charge in [-0.1, -0.05) is 0 Å². The maximum atomic E-state index is 11.6. The van der Waals surface area contributed by atoms with Crippen LogP contribution in [0.2, 0.25) is 0 Å². The summed E-state index contributed by atoms with van der Waals surface area (Å²) in [5.74, 6) is 0.575. The Balaban J connectivity index is 2.43. The summed E-state index contributed by atoms with van der Waals surface area (Å²) < 4.78 is 34.0. The molecule has 21 heavy (non-hydrogen) atoms. The lowest BCUT2D eigenvalue weighted by atomic mass is 10.2. The van der Waals surface area contributed by atoms with E-state index in [2.05, 4.69) is 4.98 Å². The molecule has 0 amide bonds. The molecule has 0 saturated heterocycles. The molecule has 2 rings (SSSR count). The Morgan fingerprint density at radius 1 is 1.33 bits per heavy atom. The van der Waals surface area contributed by atoms with Crippen LogP contribution in [-0.2, 0) is 13.8 Å². The van der Waals surface area contributed by atoms with Crippen LogP contribution in [0.5, 0.6) is 5.75 Å². The molecule has 2 aromatic rings. The predicted molar refractivity (Wildman–Crippen MR) is 81.4 cm³/mol. The van der Waals surface area contributed by atoms with Gasteiger partial charge in [-0.05, 0) is 31.2 Å². The Labute approximate surface area is 128 Å². The minimum absolute atomic E-state index is 0.0170. The zero-order valence-corrected chi connectivity index (χ0v) is 13.3. The van der Waals surface area contributed by atoms with E-state index < -0.39 is 9.05 Å². The molecule has 0 saturated carbocycles. The summed E-state index contributed by atoms with van der Waals surface area (Å²) in [5, 5.41) is 0.614. The number of hydrogen-bond acceptors (Lipinski definition) is 5. The molecule has 0 radical (unpaired) electrons. The van der Waals surface area contributed by atoms with E-state index in [0.717, 1.165) is 6.42 Å². The van der Waals surface area contributed by atoms with Crippen LogP contribution >= 0.6 is 10.7 Å². The summed E-state index contributed by atoms with van der Waals surface area (Å²) in [4.78, 5) is 4.09. The smallest absolute Gasteiger partial charge is 0.263 e. The fourth-order valence-electron chi connectivity index (χ4n) is 1.98. The molecular weight excluding hydrogens is 314 g/mol. The largest absolute Gasteiger partial charge is 0.490 e. The SMILES string of the molecule is COCCC(C)Oc1ccc(S(=O)(=O)Cl)c2ncccc12. The van der Waals surface area contributed by atoms with Crippen molar-refractivity contribution in [2.75, 3.05) is 13.7 Å². The van der Waals surface area contributed by atoms with Crippen LogP contribution in [0.15, 0.2) is 35.4 Å². The molecular formula is C14H16ClNO4S. The van der Waals surface area contributed by atoms with E-state index in [0.29, 0.717) is 23.3 Å². The van der Waals surface area contributed by atoms with Gasteiger partial charge in [-0.3, -0.25) is 4.98 Å². The van der Waals surface area contributed by atoms with E-state index in [1.807, 2.05) is 6.92 Å². The lowest BCUT2D eigenvalue weighted by Crippen LogP contribution is -2.14. The fraction of sp³-hybridized carbons (Fsp3) is 0.357. The highest BCUT2D eigenvalue weighted by atomic mass is 35.7. The monoisotopic (exact) mass is 329 g/mol. The van der Waals surface area contributed by atoms with Gasteiger partial charge < -0.3 is 9.47 Å². The molecule has 0 aliphatic heterocycles. The van der Waals surface area contributed by atoms with Crippen molar-refractivity contribution >= 4 is 30.6 Å². The molecule has 1 aromatic heterocycles. The Bertz CT molecular complexity index is 733. The number of aromatic nitrogens is 1. The first-order valence-electron chi connectivity index (χ1n) is 6.41. The Kier molecular flexibility index (Phi) is 5.03. The van der Waals surface area contributed by atoms with Gasteiger partial charge in [0.2, 0.25) is 0 Å². The molecule has 114 valence electrons. The average Bonchev–Trinajstić information content (AvgIpc) is 2.44. The van der Waals surface area contributed by atoms with Gasteiger partial charge in [0.05, 0.1) is 11.6 Å². The normalized spacial score (nSPS) is 13.3. The molecule has 5 nitrogen and oxygen atoms in total. The van der Waals surface area contributed by atoms with Crippen LogP contribution < -0.4 is 4.74 Å². The van der Waals surface area contributed by atoms with Crippen molar-refractivity contribution in [2.24, 2.45) is 0 Å². The highest BCUT2D eigenvalue weighted by molar-refractivity contribution is 8.14. The molecule has 0 N–H and O–H groups in total. The van der Waals surface area contributed by atoms with E-state index in [4.69, 9.17) is 20.2 Å². The lowest BCUT2D eigenvalue weighted by molar-refractivity contribution is 0.136. The summed E-state index contributed by atoms with van der Waals surface area (Å²) >= 11 is 0. The first-order valence-corrected chi connectivity index (χ1v) is 8.72. The number of benzene rings is 1. The number of methoxy groups -OCH3 is 1. The molecule has 0 aliphatic rings. The van der Waals surface area contributed by atoms with E-state index in [1.54, 1.807) is 25.3 Å². The van der Waals surface area contributed by atoms with Crippen LogP contribution in [-0.4, -0.2) is 33.2 Å². The third-order valence-corrected chi connectivity index (χ3v) is 4.37. The summed E-state index contributed by atoms with van der Waals surface area (Å²) in [7, 11) is 3.22. The van der Waals surface area contributed by atoms with E-state index in [-0.39, 0.29) is 11.0 Å². The predicted octanol–water partition coefficient (Wildman–Crippen LogP) is 2.97. The van der Waals surface area contributed by atoms with Crippen molar-refractivity contribution in [1.29, 1.82) is 0 Å². The summed E-state index contributed by atoms with van der Waals surface area (Å²) in [5.41, 5.74) is 0.309. The van der Waals surface area contributed by atoms with Crippen molar-refractivity contribution in [1.82, 2.24) is 4.98 Å². The first-order chi connectivity index (χ1) is 9.93. The molecule has 1 heterocycles. The minimum Gasteiger partial charge on any atom is -0.490 e. The van der Waals surface area contributed by atoms with Crippen molar-refractivity contribution in [3.8, 4) is 5.75 Å². The van der Waals surface area contributed by atoms with Crippen molar-refractivity contribution in [3.63, 3.8) is 0 Å². The summed E-state index contributed by atoms with van der Waals surface area (Å²) in [6.45, 7) is 2.51. The van der Waals surface area contributed by atoms with Gasteiger partial charge >= 0.3 is 0 Å². The molecule has 1 unspecified atom stereocenters. The highest BCUT2D eigenvalue weighted by Gasteiger charge is 2.18. The van der Waals surface area contributed by atoms with Gasteiger partial charge in [-0.25, -0.2) is 8.42 Å². The summed E-state index contributed by atoms with van der Waals surface area (Å²) in [6.07, 6.45) is 2.19. The number of pyridine rings is 1. The van der Waals surface area contributed by atoms with Crippen molar-refractivity contribution in [2.45, 2.75) is 24.3 Å². The molecule has 1 atom stereocenters. The van der Waals surface area contributed by atoms with Crippen molar-refractivity contribution in [3.05, 3.63) is 30.5 Å². The molecule has 0 bridgehead atoms. The second-order valence-electron chi connectivity index (χ2n) is 4.61. The third-order valence-electron chi connectivity index (χ3n) is 3.01. The number of fused-ring (bicyclic) bond motifs is 1. The zero-order chi connectivity index (χ0) is 15.5. The number of halogens is 1. The van der Waals surface area contributed by atoms with Crippen molar-refractivity contribution < 1.29 is 17.9 Å². The van der Waals surface area contributed by atoms with Gasteiger partial charge in [0.25, 0.3) is 9.05 Å². The van der Waals surface area contributed by atoms with Gasteiger partial charge in [0.15, 0.2) is 0 Å². The standard InChI is InChI=1S/C14H16ClNO4S/c1-10(7-9-19-2)20-12-5-6-13(21(15,17)18)14-11(12)4-3-8-16-14/h3-6,8,10H,7,9H2,1-2H3. The van der Waals surface area contributed by atoms with E-state index >= 15 is 0 Å². The molecule has 1 aromatic carbocycles. The first kappa shape index (κ1) is 16.0. The molecule has 0 aliphatic carbocycles. The van der Waals surface area contributed by atoms with Crippen LogP contribution in [0, 0.1) is 0 Å². The third kappa shape index (κ3) is 3.84. The van der Waals surface area contributed by atoms with Crippen LogP contribution in [0.3, 0.4) is 0 Å². The second kappa shape index (κ2) is 6.60. The molecule has 0 fully saturated rings. The quantitative estimate of drug-likeness (QED) is 0.762. The van der Waals surface area contributed by atoms with E-state index in [1.165, 1.54) is 12.3 Å². The van der Waals surface area contributed by atoms with Gasteiger partial charge in [-0.2, -0.15) is 0 Å². The van der Waals surface area contributed by atoms with Crippen LogP contribution in [0.4, 0.5) is 0 Å². The van der Waals surface area contributed by atoms with Gasteiger partial charge in [-0.15, -0.1) is 0 Å². The van der Waals surface area contributed by atoms with Gasteiger partial charge in [0, 0.05) is 42.4 Å². The topological polar surface area (TPSA) is 65.5 Å². The van der Waals surface area contributed by atoms with Crippen LogP contribution in [0.1, 0.15) is 13.3 Å². The Morgan fingerprint density at radius 3 is 2.76 bits per heavy atom. The fourth-order valence-corrected chi connectivity index (χ4v) is 2.98. The minimum atomic E-state index is -3.85. The number of ether oxygens (including phenoxy) is 2. The van der Waals surface area contributed by atoms with E-state index in [9.17, 15) is 8.42 Å². The zero-order valence-electron chi connectivity index (χ0n) is 11.7. The average molecular weight is 330 g/mol. The summed E-state index contributed by atoms with van der Waals surface area (Å²) in [6, 6.07) is 6.49. The molecule has 0 spiro atoms. The number of rotatable bonds is 6. The number of nitrogens with zero attached hydrogens (tertiary/aromatic N) is 1. The maximum absolute atomic E-state index is 11.6. The highest BCUT2D eigenvalue weighted by Crippen LogP contribution is 2.31. The second-order valence-corrected chi connectivity index (χ2v) is 7.14. The Hall–Kier alpha value is -1.37. The van der Waals surface area contributed by atoms with Crippen LogP contribution in [0.25, 0.3) is 10.9 Å². The van der Waals surface area contributed by atoms with Gasteiger partial charge in [0.1, 0.15) is 10.6 Å².